The van der Waals surface area contributed by atoms with Crippen molar-refractivity contribution in [1.29, 1.82) is 0 Å². The molecule has 210 valence electrons. The highest BCUT2D eigenvalue weighted by Crippen LogP contribution is 2.39. The van der Waals surface area contributed by atoms with E-state index in [-0.39, 0.29) is 29.8 Å². The lowest BCUT2D eigenvalue weighted by Crippen LogP contribution is -2.57. The Morgan fingerprint density at radius 2 is 1.51 bits per heavy atom. The molecule has 3 amide bonds. The minimum atomic E-state index is -5.07. The maximum atomic E-state index is 14.0. The molecule has 1 saturated carbocycles. The summed E-state index contributed by atoms with van der Waals surface area (Å²) in [6.07, 6.45) is -9.33. The molecule has 0 saturated heterocycles. The average molecular weight is 556 g/mol. The second kappa shape index (κ2) is 9.87. The summed E-state index contributed by atoms with van der Waals surface area (Å²) in [5, 5.41) is 2.78. The van der Waals surface area contributed by atoms with Crippen molar-refractivity contribution in [3.05, 3.63) is 64.7 Å². The smallest absolute Gasteiger partial charge is 0.333 e. The van der Waals surface area contributed by atoms with Crippen molar-refractivity contribution in [2.75, 3.05) is 4.90 Å². The molecule has 2 aromatic carbocycles. The van der Waals surface area contributed by atoms with Gasteiger partial charge < -0.3 is 15.1 Å². The van der Waals surface area contributed by atoms with Crippen LogP contribution in [-0.2, 0) is 23.7 Å². The number of nitrogens with zero attached hydrogens (tertiary/aromatic N) is 2. The van der Waals surface area contributed by atoms with Gasteiger partial charge >= 0.3 is 18.4 Å². The molecule has 2 aliphatic rings. The monoisotopic (exact) mass is 555 g/mol. The van der Waals surface area contributed by atoms with Gasteiger partial charge in [0.15, 0.2) is 5.78 Å². The molecule has 6 nitrogen and oxygen atoms in total. The Bertz CT molecular complexity index is 1260. The van der Waals surface area contributed by atoms with Gasteiger partial charge in [-0.05, 0) is 69.5 Å². The van der Waals surface area contributed by atoms with Gasteiger partial charge in [0.2, 0.25) is 0 Å². The van der Waals surface area contributed by atoms with Gasteiger partial charge in [-0.3, -0.25) is 9.59 Å². The molecule has 1 atom stereocenters. The fourth-order valence-electron chi connectivity index (χ4n) is 4.59. The van der Waals surface area contributed by atoms with Crippen LogP contribution < -0.4 is 10.2 Å². The van der Waals surface area contributed by atoms with Crippen LogP contribution in [0.3, 0.4) is 0 Å². The van der Waals surface area contributed by atoms with Crippen molar-refractivity contribution in [1.82, 2.24) is 10.2 Å². The summed E-state index contributed by atoms with van der Waals surface area (Å²) in [5.74, 6) is -1.24. The number of alkyl halides is 6. The maximum absolute atomic E-state index is 14.0. The van der Waals surface area contributed by atoms with Gasteiger partial charge in [0, 0.05) is 23.6 Å². The van der Waals surface area contributed by atoms with E-state index in [1.807, 2.05) is 0 Å². The second-order valence-corrected chi connectivity index (χ2v) is 10.8. The van der Waals surface area contributed by atoms with Gasteiger partial charge in [-0.15, -0.1) is 0 Å². The Labute approximate surface area is 220 Å². The van der Waals surface area contributed by atoms with Gasteiger partial charge in [-0.25, -0.2) is 4.79 Å². The summed E-state index contributed by atoms with van der Waals surface area (Å²) < 4.78 is 80.9. The number of benzene rings is 2. The quantitative estimate of drug-likeness (QED) is 0.458. The Kier molecular flexibility index (Phi) is 7.20. The van der Waals surface area contributed by atoms with Crippen LogP contribution in [0.2, 0.25) is 0 Å². The van der Waals surface area contributed by atoms with E-state index >= 15 is 0 Å². The van der Waals surface area contributed by atoms with E-state index in [0.29, 0.717) is 25.0 Å². The lowest BCUT2D eigenvalue weighted by molar-refractivity contribution is -0.143. The molecule has 12 heteroatoms. The van der Waals surface area contributed by atoms with Crippen LogP contribution in [0.5, 0.6) is 0 Å². The molecule has 1 aliphatic carbocycles. The molecule has 0 bridgehead atoms. The average Bonchev–Trinajstić information content (AvgIpc) is 3.64. The highest BCUT2D eigenvalue weighted by Gasteiger charge is 2.46. The molecule has 0 unspecified atom stereocenters. The zero-order valence-corrected chi connectivity index (χ0v) is 21.4. The molecule has 2 aromatic rings. The van der Waals surface area contributed by atoms with Crippen molar-refractivity contribution in [3.63, 3.8) is 0 Å². The predicted molar refractivity (Wildman–Crippen MR) is 130 cm³/mol. The van der Waals surface area contributed by atoms with Gasteiger partial charge in [0.1, 0.15) is 6.04 Å². The fraction of sp³-hybridized carbons (Fsp3) is 0.444. The molecule has 1 N–H and O–H groups in total. The third-order valence-corrected chi connectivity index (χ3v) is 6.41. The molecule has 0 radical (unpaired) electrons. The van der Waals surface area contributed by atoms with Crippen LogP contribution in [0.25, 0.3) is 0 Å². The first kappa shape index (κ1) is 28.4. The van der Waals surface area contributed by atoms with Crippen LogP contribution in [0.4, 0.5) is 36.8 Å². The van der Waals surface area contributed by atoms with Gasteiger partial charge in [-0.1, -0.05) is 12.1 Å². The van der Waals surface area contributed by atoms with Crippen molar-refractivity contribution < 1.29 is 40.7 Å². The normalized spacial score (nSPS) is 18.5. The number of amides is 3. The third kappa shape index (κ3) is 6.36. The van der Waals surface area contributed by atoms with Gasteiger partial charge in [0.05, 0.1) is 23.4 Å². The van der Waals surface area contributed by atoms with Crippen molar-refractivity contribution in [2.45, 2.75) is 76.6 Å². The Morgan fingerprint density at radius 1 is 0.949 bits per heavy atom. The molecule has 0 spiro atoms. The summed E-state index contributed by atoms with van der Waals surface area (Å²) in [6.45, 7) is 4.55. The predicted octanol–water partition coefficient (Wildman–Crippen LogP) is 6.18. The zero-order valence-electron chi connectivity index (χ0n) is 21.4. The van der Waals surface area contributed by atoms with E-state index < -0.39 is 64.9 Å². The molecule has 0 aromatic heterocycles. The van der Waals surface area contributed by atoms with Gasteiger partial charge in [-0.2, -0.15) is 26.3 Å². The standard InChI is InChI=1S/C27H27F6N3O3/c1-25(2,3)34-24(39)36(18-8-9-18)21-13-22(37)19-6-4-5-7-20(19)35(23(21)38)14-15-10-16(26(28,29)30)12-17(11-15)27(31,32)33/h4-7,10-12,18,21H,8-9,13-14H2,1-3H3,(H,34,39)/t21-/m1/s1. The Balaban J connectivity index is 1.81. The van der Waals surface area contributed by atoms with E-state index in [0.717, 1.165) is 4.90 Å². The summed E-state index contributed by atoms with van der Waals surface area (Å²) in [7, 11) is 0. The molecule has 1 heterocycles. The maximum Gasteiger partial charge on any atom is 0.416 e. The van der Waals surface area contributed by atoms with Crippen molar-refractivity contribution in [2.24, 2.45) is 0 Å². The first-order valence-corrected chi connectivity index (χ1v) is 12.3. The van der Waals surface area contributed by atoms with Crippen LogP contribution in [0.1, 0.15) is 67.1 Å². The van der Waals surface area contributed by atoms with E-state index in [9.17, 15) is 40.7 Å². The number of urea groups is 1. The minimum absolute atomic E-state index is 0.0136. The number of Topliss-reactive ketones (excluding diaryl/α,β-unsaturated/α-hetero) is 1. The first-order valence-electron chi connectivity index (χ1n) is 12.3. The van der Waals surface area contributed by atoms with Crippen LogP contribution >= 0.6 is 0 Å². The number of hydrogen-bond acceptors (Lipinski definition) is 3. The van der Waals surface area contributed by atoms with Gasteiger partial charge in [0.25, 0.3) is 5.91 Å². The number of rotatable bonds is 4. The molecule has 1 fully saturated rings. The van der Waals surface area contributed by atoms with Crippen molar-refractivity contribution in [3.8, 4) is 0 Å². The highest BCUT2D eigenvalue weighted by molar-refractivity contribution is 6.12. The number of hydrogen-bond donors (Lipinski definition) is 1. The topological polar surface area (TPSA) is 69.7 Å². The summed E-state index contributed by atoms with van der Waals surface area (Å²) in [6, 6.07) is 4.79. The number of halogens is 6. The second-order valence-electron chi connectivity index (χ2n) is 10.8. The number of fused-ring (bicyclic) bond motifs is 1. The molecule has 4 rings (SSSR count). The largest absolute Gasteiger partial charge is 0.416 e. The van der Waals surface area contributed by atoms with E-state index in [2.05, 4.69) is 5.32 Å². The molecule has 39 heavy (non-hydrogen) atoms. The number of ketones is 1. The molecule has 1 aliphatic heterocycles. The van der Waals surface area contributed by atoms with E-state index in [4.69, 9.17) is 0 Å². The van der Waals surface area contributed by atoms with E-state index in [1.54, 1.807) is 20.8 Å². The number of nitrogens with one attached hydrogen (secondary N) is 1. The fourth-order valence-corrected chi connectivity index (χ4v) is 4.59. The molecular weight excluding hydrogens is 528 g/mol. The third-order valence-electron chi connectivity index (χ3n) is 6.41. The lowest BCUT2D eigenvalue weighted by Gasteiger charge is -2.35. The summed E-state index contributed by atoms with van der Waals surface area (Å²) in [4.78, 5) is 42.7. The van der Waals surface area contributed by atoms with Crippen molar-refractivity contribution >= 4 is 23.4 Å². The number of anilines is 1. The first-order chi connectivity index (χ1) is 18.0. The minimum Gasteiger partial charge on any atom is -0.333 e. The zero-order chi connectivity index (χ0) is 28.9. The number of para-hydroxylation sites is 1. The number of carbonyl (C=O) groups is 3. The summed E-state index contributed by atoms with van der Waals surface area (Å²) in [5.41, 5.74) is -3.99. The number of carbonyl (C=O) groups excluding carboxylic acids is 3. The SMILES string of the molecule is CC(C)(C)NC(=O)N(C1CC1)[C@@H]1CC(=O)c2ccccc2N(Cc2cc(C(F)(F)F)cc(C(F)(F)F)c2)C1=O. The molecular formula is C27H27F6N3O3. The van der Waals surface area contributed by atoms with E-state index in [1.165, 1.54) is 29.2 Å². The lowest BCUT2D eigenvalue weighted by atomic mass is 10.0. The van der Waals surface area contributed by atoms with Crippen LogP contribution in [0.15, 0.2) is 42.5 Å². The Morgan fingerprint density at radius 3 is 2.03 bits per heavy atom. The van der Waals surface area contributed by atoms with Crippen LogP contribution in [-0.4, -0.2) is 40.2 Å². The summed E-state index contributed by atoms with van der Waals surface area (Å²) >= 11 is 0. The van der Waals surface area contributed by atoms with Crippen LogP contribution in [0, 0.1) is 0 Å². The highest BCUT2D eigenvalue weighted by atomic mass is 19.4. The Hall–Kier alpha value is -3.57.